The van der Waals surface area contributed by atoms with Gasteiger partial charge in [0.25, 0.3) is 5.91 Å². The third kappa shape index (κ3) is 2.40. The predicted molar refractivity (Wildman–Crippen MR) is 55.6 cm³/mol. The first-order valence-corrected chi connectivity index (χ1v) is 5.26. The smallest absolute Gasteiger partial charge is 0.287 e. The monoisotopic (exact) mass is 225 g/mol. The van der Waals surface area contributed by atoms with Crippen molar-refractivity contribution in [1.82, 2.24) is 15.4 Å². The van der Waals surface area contributed by atoms with Crippen molar-refractivity contribution >= 4 is 5.91 Å². The van der Waals surface area contributed by atoms with E-state index in [-0.39, 0.29) is 11.9 Å². The fourth-order valence-electron chi connectivity index (χ4n) is 1.86. The molecule has 0 bridgehead atoms. The molecule has 2 rings (SSSR count). The third-order valence-electron chi connectivity index (χ3n) is 2.65. The Morgan fingerprint density at radius 3 is 3.38 bits per heavy atom. The molecular formula is C10H15N3O3. The number of amides is 1. The van der Waals surface area contributed by atoms with Crippen LogP contribution in [0, 0.1) is 0 Å². The van der Waals surface area contributed by atoms with Crippen molar-refractivity contribution in [3.05, 3.63) is 18.4 Å². The van der Waals surface area contributed by atoms with Gasteiger partial charge in [0, 0.05) is 13.7 Å². The van der Waals surface area contributed by atoms with E-state index in [1.54, 1.807) is 7.11 Å². The average molecular weight is 225 g/mol. The lowest BCUT2D eigenvalue weighted by Crippen LogP contribution is -2.46. The van der Waals surface area contributed by atoms with Crippen LogP contribution >= 0.6 is 0 Å². The van der Waals surface area contributed by atoms with Gasteiger partial charge in [-0.15, -0.1) is 0 Å². The molecule has 2 heterocycles. The van der Waals surface area contributed by atoms with Crippen LogP contribution in [0.4, 0.5) is 0 Å². The summed E-state index contributed by atoms with van der Waals surface area (Å²) in [6.07, 6.45) is 4.67. The van der Waals surface area contributed by atoms with Crippen molar-refractivity contribution in [3.63, 3.8) is 0 Å². The van der Waals surface area contributed by atoms with Crippen LogP contribution in [-0.2, 0) is 4.74 Å². The molecule has 0 radical (unpaired) electrons. The fourth-order valence-corrected chi connectivity index (χ4v) is 1.86. The van der Waals surface area contributed by atoms with Crippen molar-refractivity contribution in [2.75, 3.05) is 20.3 Å². The van der Waals surface area contributed by atoms with Gasteiger partial charge >= 0.3 is 0 Å². The van der Waals surface area contributed by atoms with Crippen molar-refractivity contribution in [2.24, 2.45) is 0 Å². The Morgan fingerprint density at radius 1 is 1.81 bits per heavy atom. The topological polar surface area (TPSA) is 67.6 Å². The molecule has 1 atom stereocenters. The summed E-state index contributed by atoms with van der Waals surface area (Å²) in [4.78, 5) is 15.5. The van der Waals surface area contributed by atoms with Crippen LogP contribution in [0.1, 0.15) is 23.3 Å². The molecule has 0 aliphatic carbocycles. The SMILES string of the molecule is COCC1CCCN1NC(=O)c1cocn1. The molecule has 1 aromatic rings. The summed E-state index contributed by atoms with van der Waals surface area (Å²) in [6, 6.07) is 0.251. The highest BCUT2D eigenvalue weighted by molar-refractivity contribution is 5.91. The Balaban J connectivity index is 1.91. The van der Waals surface area contributed by atoms with E-state index in [0.29, 0.717) is 12.3 Å². The molecule has 6 heteroatoms. The molecule has 1 fully saturated rings. The van der Waals surface area contributed by atoms with Gasteiger partial charge in [0.05, 0.1) is 12.6 Å². The van der Waals surface area contributed by atoms with Crippen molar-refractivity contribution in [3.8, 4) is 0 Å². The molecule has 1 aliphatic rings. The number of ether oxygens (including phenoxy) is 1. The zero-order valence-corrected chi connectivity index (χ0v) is 9.18. The van der Waals surface area contributed by atoms with Crippen LogP contribution in [0.5, 0.6) is 0 Å². The number of methoxy groups -OCH3 is 1. The Hall–Kier alpha value is -1.40. The maximum absolute atomic E-state index is 11.7. The minimum atomic E-state index is -0.239. The highest BCUT2D eigenvalue weighted by Crippen LogP contribution is 2.15. The summed E-state index contributed by atoms with van der Waals surface area (Å²) in [5.41, 5.74) is 3.10. The zero-order chi connectivity index (χ0) is 11.4. The highest BCUT2D eigenvalue weighted by Gasteiger charge is 2.26. The number of nitrogens with zero attached hydrogens (tertiary/aromatic N) is 2. The average Bonchev–Trinajstić information content (AvgIpc) is 2.90. The number of carbonyl (C=O) groups is 1. The van der Waals surface area contributed by atoms with Crippen LogP contribution in [0.15, 0.2) is 17.1 Å². The second kappa shape index (κ2) is 5.09. The number of hydrogen-bond acceptors (Lipinski definition) is 5. The van der Waals surface area contributed by atoms with E-state index < -0.39 is 0 Å². The number of hydrazine groups is 1. The second-order valence-corrected chi connectivity index (χ2v) is 3.76. The molecular weight excluding hydrogens is 210 g/mol. The highest BCUT2D eigenvalue weighted by atomic mass is 16.5. The lowest BCUT2D eigenvalue weighted by atomic mass is 10.2. The molecule has 1 aliphatic heterocycles. The zero-order valence-electron chi connectivity index (χ0n) is 9.18. The lowest BCUT2D eigenvalue weighted by Gasteiger charge is -2.23. The van der Waals surface area contributed by atoms with E-state index in [1.807, 2.05) is 5.01 Å². The summed E-state index contributed by atoms with van der Waals surface area (Å²) in [5, 5.41) is 1.90. The van der Waals surface area contributed by atoms with E-state index >= 15 is 0 Å². The number of rotatable bonds is 4. The van der Waals surface area contributed by atoms with E-state index in [4.69, 9.17) is 9.15 Å². The molecule has 0 spiro atoms. The van der Waals surface area contributed by atoms with Gasteiger partial charge in [-0.2, -0.15) is 0 Å². The first-order valence-electron chi connectivity index (χ1n) is 5.26. The van der Waals surface area contributed by atoms with Gasteiger partial charge in [-0.3, -0.25) is 10.2 Å². The molecule has 1 amide bonds. The van der Waals surface area contributed by atoms with E-state index in [9.17, 15) is 4.79 Å². The van der Waals surface area contributed by atoms with Crippen LogP contribution < -0.4 is 5.43 Å². The van der Waals surface area contributed by atoms with Gasteiger partial charge in [0.1, 0.15) is 6.26 Å². The molecule has 1 aromatic heterocycles. The number of aromatic nitrogens is 1. The number of hydrogen-bond donors (Lipinski definition) is 1. The van der Waals surface area contributed by atoms with Gasteiger partial charge in [0.2, 0.25) is 0 Å². The van der Waals surface area contributed by atoms with Crippen LogP contribution in [0.2, 0.25) is 0 Å². The molecule has 0 aromatic carbocycles. The first-order chi connectivity index (χ1) is 7.81. The summed E-state index contributed by atoms with van der Waals surface area (Å²) >= 11 is 0. The third-order valence-corrected chi connectivity index (χ3v) is 2.65. The molecule has 16 heavy (non-hydrogen) atoms. The second-order valence-electron chi connectivity index (χ2n) is 3.76. The first kappa shape index (κ1) is 11.1. The van der Waals surface area contributed by atoms with Gasteiger partial charge in [-0.05, 0) is 12.8 Å². The number of carbonyl (C=O) groups excluding carboxylic acids is 1. The maximum Gasteiger partial charge on any atom is 0.287 e. The van der Waals surface area contributed by atoms with Crippen molar-refractivity contribution in [1.29, 1.82) is 0 Å². The minimum absolute atomic E-state index is 0.239. The fraction of sp³-hybridized carbons (Fsp3) is 0.600. The van der Waals surface area contributed by atoms with E-state index in [1.165, 1.54) is 12.7 Å². The van der Waals surface area contributed by atoms with E-state index in [0.717, 1.165) is 19.4 Å². The maximum atomic E-state index is 11.7. The number of oxazole rings is 1. The number of nitrogens with one attached hydrogen (secondary N) is 1. The summed E-state index contributed by atoms with van der Waals surface area (Å²) < 4.78 is 9.86. The van der Waals surface area contributed by atoms with Crippen molar-refractivity contribution in [2.45, 2.75) is 18.9 Å². The van der Waals surface area contributed by atoms with E-state index in [2.05, 4.69) is 10.4 Å². The van der Waals surface area contributed by atoms with Gasteiger partial charge in [-0.1, -0.05) is 0 Å². The van der Waals surface area contributed by atoms with Crippen LogP contribution in [0.3, 0.4) is 0 Å². The predicted octanol–water partition coefficient (Wildman–Crippen LogP) is 0.430. The Labute approximate surface area is 93.5 Å². The quantitative estimate of drug-likeness (QED) is 0.804. The molecule has 0 saturated carbocycles. The largest absolute Gasteiger partial charge is 0.451 e. The molecule has 1 saturated heterocycles. The molecule has 6 nitrogen and oxygen atoms in total. The summed E-state index contributed by atoms with van der Waals surface area (Å²) in [5.74, 6) is -0.239. The van der Waals surface area contributed by atoms with Gasteiger partial charge in [0.15, 0.2) is 12.1 Å². The Kier molecular flexibility index (Phi) is 3.53. The molecule has 1 N–H and O–H groups in total. The summed E-state index contributed by atoms with van der Waals surface area (Å²) in [6.45, 7) is 1.47. The molecule has 88 valence electrons. The van der Waals surface area contributed by atoms with Gasteiger partial charge < -0.3 is 9.15 Å². The minimum Gasteiger partial charge on any atom is -0.451 e. The van der Waals surface area contributed by atoms with Crippen LogP contribution in [0.25, 0.3) is 0 Å². The Morgan fingerprint density at radius 2 is 2.69 bits per heavy atom. The van der Waals surface area contributed by atoms with Crippen molar-refractivity contribution < 1.29 is 13.9 Å². The lowest BCUT2D eigenvalue weighted by molar-refractivity contribution is 0.0607. The standard InChI is InChI=1S/C10H15N3O3/c1-15-5-8-3-2-4-13(8)12-10(14)9-6-16-7-11-9/h6-8H,2-5H2,1H3,(H,12,14). The Bertz CT molecular complexity index is 339. The van der Waals surface area contributed by atoms with Gasteiger partial charge in [-0.25, -0.2) is 9.99 Å². The van der Waals surface area contributed by atoms with Crippen LogP contribution in [-0.4, -0.2) is 42.2 Å². The summed E-state index contributed by atoms with van der Waals surface area (Å²) in [7, 11) is 1.66. The normalized spacial score (nSPS) is 21.2. The molecule has 1 unspecified atom stereocenters.